The maximum absolute atomic E-state index is 12.5. The lowest BCUT2D eigenvalue weighted by Crippen LogP contribution is -2.21. The lowest BCUT2D eigenvalue weighted by Gasteiger charge is -2.13. The van der Waals surface area contributed by atoms with Crippen molar-refractivity contribution in [3.05, 3.63) is 60.3 Å². The van der Waals surface area contributed by atoms with Crippen molar-refractivity contribution in [1.29, 1.82) is 0 Å². The molecule has 1 aromatic heterocycles. The second-order valence-corrected chi connectivity index (χ2v) is 4.35. The molecule has 0 bridgehead atoms. The average molecular weight is 307 g/mol. The lowest BCUT2D eigenvalue weighted by atomic mass is 10.1. The summed E-state index contributed by atoms with van der Waals surface area (Å²) in [4.78, 5) is 15.1. The number of carbonyl (C=O) groups is 1. The summed E-state index contributed by atoms with van der Waals surface area (Å²) in [6, 6.07) is 11.3. The van der Waals surface area contributed by atoms with E-state index in [1.54, 1.807) is 42.5 Å². The summed E-state index contributed by atoms with van der Waals surface area (Å²) in [5.41, 5.74) is 6.38. The maximum atomic E-state index is 12.5. The van der Waals surface area contributed by atoms with Crippen molar-refractivity contribution in [2.75, 3.05) is 11.1 Å². The number of aromatic nitrogens is 1. The second-order valence-electron chi connectivity index (χ2n) is 4.35. The van der Waals surface area contributed by atoms with Gasteiger partial charge in [-0.05, 0) is 17.7 Å². The minimum atomic E-state index is -4.94. The number of rotatable bonds is 4. The third-order valence-electron chi connectivity index (χ3n) is 2.75. The lowest BCUT2D eigenvalue weighted by molar-refractivity contribution is -0.165. The molecule has 7 heteroatoms. The molecule has 0 fully saturated rings. The van der Waals surface area contributed by atoms with Crippen molar-refractivity contribution in [1.82, 2.24) is 4.98 Å². The van der Waals surface area contributed by atoms with Gasteiger partial charge in [-0.3, -0.25) is 4.79 Å². The molecule has 4 nitrogen and oxygen atoms in total. The number of nitrogens with zero attached hydrogens (tertiary/aromatic N) is 1. The number of hydrogen-bond acceptors (Lipinski definition) is 4. The van der Waals surface area contributed by atoms with E-state index >= 15 is 0 Å². The van der Waals surface area contributed by atoms with Crippen molar-refractivity contribution in [2.24, 2.45) is 0 Å². The molecule has 0 aliphatic carbocycles. The Balaban J connectivity index is 2.41. The molecule has 1 aromatic carbocycles. The monoisotopic (exact) mass is 307 g/mol. The predicted molar refractivity (Wildman–Crippen MR) is 77.8 cm³/mol. The zero-order valence-corrected chi connectivity index (χ0v) is 11.3. The molecule has 114 valence electrons. The molecule has 0 saturated heterocycles. The van der Waals surface area contributed by atoms with Gasteiger partial charge in [0.05, 0.1) is 5.69 Å². The summed E-state index contributed by atoms with van der Waals surface area (Å²) < 4.78 is 37.5. The number of nitrogen functional groups attached to an aromatic ring is 1. The predicted octanol–water partition coefficient (Wildman–Crippen LogP) is 3.25. The van der Waals surface area contributed by atoms with Crippen LogP contribution in [0, 0.1) is 0 Å². The highest BCUT2D eigenvalue weighted by molar-refractivity contribution is 6.02. The van der Waals surface area contributed by atoms with E-state index in [9.17, 15) is 18.0 Å². The first-order valence-electron chi connectivity index (χ1n) is 6.23. The van der Waals surface area contributed by atoms with Crippen molar-refractivity contribution in [3.63, 3.8) is 0 Å². The van der Waals surface area contributed by atoms with Gasteiger partial charge in [-0.25, -0.2) is 4.98 Å². The average Bonchev–Trinajstić information content (AvgIpc) is 2.48. The summed E-state index contributed by atoms with van der Waals surface area (Å²) in [6.07, 6.45) is -2.99. The summed E-state index contributed by atoms with van der Waals surface area (Å²) in [5.74, 6) is -1.84. The molecule has 0 atom stereocenters. The topological polar surface area (TPSA) is 68.0 Å². The smallest absolute Gasteiger partial charge is 0.382 e. The normalized spacial score (nSPS) is 12.0. The molecule has 0 spiro atoms. The van der Waals surface area contributed by atoms with Crippen molar-refractivity contribution >= 4 is 23.0 Å². The van der Waals surface area contributed by atoms with E-state index in [-0.39, 0.29) is 11.5 Å². The van der Waals surface area contributed by atoms with E-state index in [1.807, 2.05) is 0 Å². The van der Waals surface area contributed by atoms with Crippen LogP contribution >= 0.6 is 0 Å². The van der Waals surface area contributed by atoms with Crippen LogP contribution in [0.3, 0.4) is 0 Å². The third kappa shape index (κ3) is 3.85. The van der Waals surface area contributed by atoms with Gasteiger partial charge in [0, 0.05) is 18.0 Å². The van der Waals surface area contributed by atoms with Crippen LogP contribution in [0.4, 0.5) is 24.7 Å². The molecule has 22 heavy (non-hydrogen) atoms. The van der Waals surface area contributed by atoms with Gasteiger partial charge in [0.25, 0.3) is 5.78 Å². The van der Waals surface area contributed by atoms with Crippen LogP contribution in [-0.2, 0) is 4.79 Å². The van der Waals surface area contributed by atoms with E-state index in [1.165, 1.54) is 6.20 Å². The first-order valence-corrected chi connectivity index (χ1v) is 6.23. The number of hydrogen-bond donors (Lipinski definition) is 2. The Morgan fingerprint density at radius 3 is 2.41 bits per heavy atom. The quantitative estimate of drug-likeness (QED) is 0.851. The number of benzene rings is 1. The molecular formula is C15H12F3N3O. The number of carbonyl (C=O) groups excluding carboxylic acids is 1. The molecule has 0 aliphatic rings. The van der Waals surface area contributed by atoms with E-state index in [0.29, 0.717) is 17.3 Å². The van der Waals surface area contributed by atoms with Crippen LogP contribution in [0.1, 0.15) is 5.56 Å². The van der Waals surface area contributed by atoms with Gasteiger partial charge in [-0.1, -0.05) is 30.3 Å². The fourth-order valence-corrected chi connectivity index (χ4v) is 1.69. The van der Waals surface area contributed by atoms with E-state index in [0.717, 1.165) is 0 Å². The Morgan fingerprint density at radius 1 is 1.14 bits per heavy atom. The van der Waals surface area contributed by atoms with Gasteiger partial charge in [0.2, 0.25) is 0 Å². The molecular weight excluding hydrogens is 295 g/mol. The van der Waals surface area contributed by atoms with Crippen LogP contribution < -0.4 is 11.1 Å². The Kier molecular flexibility index (Phi) is 4.45. The standard InChI is InChI=1S/C15H12F3N3O/c16-15(17,18)13(22)9-12(10-5-2-1-3-6-10)21-11-7-4-8-20-14(11)19/h1-9,21H,(H2,19,20)/b12-9+. The van der Waals surface area contributed by atoms with Crippen LogP contribution in [0.25, 0.3) is 5.70 Å². The van der Waals surface area contributed by atoms with Gasteiger partial charge >= 0.3 is 6.18 Å². The Hall–Kier alpha value is -2.83. The Bertz CT molecular complexity index is 697. The minimum Gasteiger partial charge on any atom is -0.382 e. The summed E-state index contributed by atoms with van der Waals surface area (Å²) in [5, 5.41) is 2.72. The van der Waals surface area contributed by atoms with Crippen LogP contribution in [0.15, 0.2) is 54.7 Å². The fraction of sp³-hybridized carbons (Fsp3) is 0.0667. The largest absolute Gasteiger partial charge is 0.454 e. The number of nitrogens with two attached hydrogens (primary N) is 1. The molecule has 0 radical (unpaired) electrons. The molecule has 0 unspecified atom stereocenters. The van der Waals surface area contributed by atoms with Crippen molar-refractivity contribution in [2.45, 2.75) is 6.18 Å². The molecule has 0 amide bonds. The SMILES string of the molecule is Nc1ncccc1N/C(=C/C(=O)C(F)(F)F)c1ccccc1. The number of halogens is 3. The van der Waals surface area contributed by atoms with Gasteiger partial charge in [-0.2, -0.15) is 13.2 Å². The summed E-state index contributed by atoms with van der Waals surface area (Å²) >= 11 is 0. The number of pyridine rings is 1. The molecule has 1 heterocycles. The number of alkyl halides is 3. The number of nitrogens with one attached hydrogen (secondary N) is 1. The van der Waals surface area contributed by atoms with Crippen LogP contribution in [0.2, 0.25) is 0 Å². The first-order chi connectivity index (χ1) is 10.4. The van der Waals surface area contributed by atoms with E-state index < -0.39 is 12.0 Å². The zero-order chi connectivity index (χ0) is 16.2. The highest BCUT2D eigenvalue weighted by atomic mass is 19.4. The zero-order valence-electron chi connectivity index (χ0n) is 11.3. The van der Waals surface area contributed by atoms with Gasteiger partial charge in [-0.15, -0.1) is 0 Å². The number of anilines is 2. The number of ketones is 1. The first kappa shape index (κ1) is 15.6. The summed E-state index contributed by atoms with van der Waals surface area (Å²) in [6.45, 7) is 0. The highest BCUT2D eigenvalue weighted by Gasteiger charge is 2.36. The maximum Gasteiger partial charge on any atom is 0.454 e. The van der Waals surface area contributed by atoms with E-state index in [4.69, 9.17) is 5.73 Å². The van der Waals surface area contributed by atoms with Gasteiger partial charge in [0.15, 0.2) is 0 Å². The van der Waals surface area contributed by atoms with Crippen LogP contribution in [-0.4, -0.2) is 16.9 Å². The summed E-state index contributed by atoms with van der Waals surface area (Å²) in [7, 11) is 0. The van der Waals surface area contributed by atoms with Gasteiger partial charge < -0.3 is 11.1 Å². The second kappa shape index (κ2) is 6.30. The minimum absolute atomic E-state index is 0.0115. The molecule has 2 aromatic rings. The van der Waals surface area contributed by atoms with E-state index in [2.05, 4.69) is 10.3 Å². The fourth-order valence-electron chi connectivity index (χ4n) is 1.69. The number of allylic oxidation sites excluding steroid dienone is 1. The molecule has 0 aliphatic heterocycles. The Labute approximate surface area is 124 Å². The Morgan fingerprint density at radius 2 is 1.82 bits per heavy atom. The molecule has 2 rings (SSSR count). The third-order valence-corrected chi connectivity index (χ3v) is 2.75. The van der Waals surface area contributed by atoms with Gasteiger partial charge in [0.1, 0.15) is 5.82 Å². The molecule has 3 N–H and O–H groups in total. The van der Waals surface area contributed by atoms with Crippen molar-refractivity contribution in [3.8, 4) is 0 Å². The highest BCUT2D eigenvalue weighted by Crippen LogP contribution is 2.24. The van der Waals surface area contributed by atoms with Crippen LogP contribution in [0.5, 0.6) is 0 Å². The van der Waals surface area contributed by atoms with Crippen molar-refractivity contribution < 1.29 is 18.0 Å². The molecule has 0 saturated carbocycles.